The van der Waals surface area contributed by atoms with Crippen LogP contribution < -0.4 is 14.9 Å². The fraction of sp³-hybridized carbons (Fsp3) is 0.259. The topological polar surface area (TPSA) is 90.5 Å². The summed E-state index contributed by atoms with van der Waals surface area (Å²) in [6.07, 6.45) is 0. The largest absolute Gasteiger partial charge is 0.378 e. The van der Waals surface area contributed by atoms with Crippen molar-refractivity contribution in [2.75, 3.05) is 52.3 Å². The molecular formula is C27H28N5O4+. The minimum Gasteiger partial charge on any atom is -0.378 e. The zero-order valence-electron chi connectivity index (χ0n) is 20.5. The fourth-order valence-electron chi connectivity index (χ4n) is 4.49. The third-order valence-corrected chi connectivity index (χ3v) is 6.46. The number of hydrogen-bond donors (Lipinski definition) is 0. The Bertz CT molecular complexity index is 1520. The molecule has 1 aliphatic heterocycles. The molecule has 9 heteroatoms. The highest BCUT2D eigenvalue weighted by molar-refractivity contribution is 5.94. The molecule has 4 aromatic rings. The molecule has 184 valence electrons. The van der Waals surface area contributed by atoms with Gasteiger partial charge in [-0.3, -0.25) is 19.4 Å². The van der Waals surface area contributed by atoms with Crippen LogP contribution in [0.25, 0.3) is 27.7 Å². The number of nitro benzene ring substituents is 1. The van der Waals surface area contributed by atoms with Crippen LogP contribution in [-0.2, 0) is 4.74 Å². The van der Waals surface area contributed by atoms with Gasteiger partial charge in [-0.25, -0.2) is 0 Å². The number of quaternary nitrogens is 1. The van der Waals surface area contributed by atoms with Gasteiger partial charge in [0.2, 0.25) is 0 Å². The number of anilines is 1. The summed E-state index contributed by atoms with van der Waals surface area (Å²) in [5.41, 5.74) is 2.83. The second-order valence-electron chi connectivity index (χ2n) is 9.70. The number of hydrogen-bond acceptors (Lipinski definition) is 6. The molecule has 9 nitrogen and oxygen atoms in total. The Kier molecular flexibility index (Phi) is 6.03. The summed E-state index contributed by atoms with van der Waals surface area (Å²) in [7, 11) is 6.23. The summed E-state index contributed by atoms with van der Waals surface area (Å²) in [5, 5.41) is 17.9. The maximum atomic E-state index is 13.6. The highest BCUT2D eigenvalue weighted by Gasteiger charge is 2.23. The first-order valence-corrected chi connectivity index (χ1v) is 11.8. The van der Waals surface area contributed by atoms with Gasteiger partial charge in [-0.05, 0) is 24.3 Å². The Balaban J connectivity index is 1.77. The maximum absolute atomic E-state index is 13.6. The minimum absolute atomic E-state index is 0.142. The van der Waals surface area contributed by atoms with Crippen molar-refractivity contribution >= 4 is 27.8 Å². The second-order valence-corrected chi connectivity index (χ2v) is 9.70. The molecule has 1 aliphatic rings. The third-order valence-electron chi connectivity index (χ3n) is 6.46. The molecule has 1 fully saturated rings. The number of nitro groups is 1. The van der Waals surface area contributed by atoms with Crippen LogP contribution in [0.2, 0.25) is 0 Å². The van der Waals surface area contributed by atoms with E-state index in [9.17, 15) is 14.9 Å². The van der Waals surface area contributed by atoms with Gasteiger partial charge in [0.25, 0.3) is 11.2 Å². The maximum Gasteiger partial charge on any atom is 0.295 e. The number of ether oxygens (including phenoxy) is 1. The van der Waals surface area contributed by atoms with E-state index in [2.05, 4.69) is 26.0 Å². The van der Waals surface area contributed by atoms with Crippen molar-refractivity contribution in [3.63, 3.8) is 0 Å². The standard InChI is InChI=1S/C27H28N5O4/c1-32(2,3)21-8-6-7-19(17-21)26-22-9-4-5-10-23(22)27(33)30(28-26)25-18-20(11-12-24(25)31(34)35)29-13-15-36-16-14-29/h4-12,17-18H,13-16H2,1-3H3/q+1. The van der Waals surface area contributed by atoms with Gasteiger partial charge in [0.05, 0.1) is 50.4 Å². The number of nitrogens with zero attached hydrogens (tertiary/aromatic N) is 5. The highest BCUT2D eigenvalue weighted by Crippen LogP contribution is 2.32. The zero-order chi connectivity index (χ0) is 25.4. The van der Waals surface area contributed by atoms with Gasteiger partial charge in [-0.15, -0.1) is 0 Å². The van der Waals surface area contributed by atoms with E-state index < -0.39 is 10.5 Å². The van der Waals surface area contributed by atoms with Gasteiger partial charge in [0.1, 0.15) is 11.4 Å². The Labute approximate surface area is 208 Å². The molecule has 0 unspecified atom stereocenters. The van der Waals surface area contributed by atoms with Crippen LogP contribution in [0.5, 0.6) is 0 Å². The molecule has 2 heterocycles. The lowest BCUT2D eigenvalue weighted by atomic mass is 10.0. The molecule has 0 spiro atoms. The molecule has 0 radical (unpaired) electrons. The van der Waals surface area contributed by atoms with Gasteiger partial charge < -0.3 is 9.64 Å². The Hall–Kier alpha value is -4.08. The summed E-state index contributed by atoms with van der Waals surface area (Å²) in [6.45, 7) is 2.49. The third kappa shape index (κ3) is 4.34. The van der Waals surface area contributed by atoms with Crippen molar-refractivity contribution in [3.8, 4) is 16.9 Å². The molecule has 0 amide bonds. The van der Waals surface area contributed by atoms with Crippen molar-refractivity contribution in [3.05, 3.63) is 87.2 Å². The Morgan fingerprint density at radius 2 is 1.67 bits per heavy atom. The molecule has 0 N–H and O–H groups in total. The highest BCUT2D eigenvalue weighted by atomic mass is 16.6. The minimum atomic E-state index is -0.473. The molecule has 3 aromatic carbocycles. The van der Waals surface area contributed by atoms with E-state index in [0.717, 1.165) is 16.9 Å². The number of fused-ring (bicyclic) bond motifs is 1. The number of rotatable bonds is 5. The first-order chi connectivity index (χ1) is 17.2. The van der Waals surface area contributed by atoms with Crippen molar-refractivity contribution in [2.45, 2.75) is 0 Å². The number of aromatic nitrogens is 2. The smallest absolute Gasteiger partial charge is 0.295 e. The van der Waals surface area contributed by atoms with Gasteiger partial charge in [0.15, 0.2) is 0 Å². The first-order valence-electron chi connectivity index (χ1n) is 11.8. The van der Waals surface area contributed by atoms with Gasteiger partial charge >= 0.3 is 0 Å². The van der Waals surface area contributed by atoms with E-state index in [4.69, 9.17) is 9.84 Å². The molecule has 0 saturated carbocycles. The average Bonchev–Trinajstić information content (AvgIpc) is 2.89. The number of morpholine rings is 1. The molecule has 36 heavy (non-hydrogen) atoms. The average molecular weight is 487 g/mol. The lowest BCUT2D eigenvalue weighted by Crippen LogP contribution is -2.36. The lowest BCUT2D eigenvalue weighted by Gasteiger charge is -2.29. The van der Waals surface area contributed by atoms with Crippen LogP contribution in [0.3, 0.4) is 0 Å². The lowest BCUT2D eigenvalue weighted by molar-refractivity contribution is -0.384. The zero-order valence-corrected chi connectivity index (χ0v) is 20.5. The van der Waals surface area contributed by atoms with E-state index >= 15 is 0 Å². The van der Waals surface area contributed by atoms with Crippen molar-refractivity contribution < 1.29 is 9.66 Å². The van der Waals surface area contributed by atoms with Crippen LogP contribution >= 0.6 is 0 Å². The van der Waals surface area contributed by atoms with Crippen molar-refractivity contribution in [1.29, 1.82) is 0 Å². The normalized spacial score (nSPS) is 14.2. The van der Waals surface area contributed by atoms with Crippen molar-refractivity contribution in [2.24, 2.45) is 0 Å². The summed E-state index contributed by atoms with van der Waals surface area (Å²) in [5.74, 6) is 0. The molecule has 0 atom stereocenters. The molecule has 5 rings (SSSR count). The fourth-order valence-corrected chi connectivity index (χ4v) is 4.49. The summed E-state index contributed by atoms with van der Waals surface area (Å²) >= 11 is 0. The first kappa shape index (κ1) is 23.7. The molecule has 0 aliphatic carbocycles. The molecule has 1 saturated heterocycles. The Morgan fingerprint density at radius 3 is 2.36 bits per heavy atom. The van der Waals surface area contributed by atoms with Crippen LogP contribution in [-0.4, -0.2) is 62.2 Å². The predicted octanol–water partition coefficient (Wildman–Crippen LogP) is 3.99. The molecule has 1 aromatic heterocycles. The van der Waals surface area contributed by atoms with E-state index in [1.165, 1.54) is 10.7 Å². The second kappa shape index (κ2) is 9.18. The SMILES string of the molecule is C[N+](C)(C)c1cccc(-c2nn(-c3cc(N4CCOCC4)ccc3[N+](=O)[O-])c(=O)c3ccccc23)c1. The molecular weight excluding hydrogens is 458 g/mol. The van der Waals surface area contributed by atoms with E-state index in [1.54, 1.807) is 24.3 Å². The molecule has 0 bridgehead atoms. The van der Waals surface area contributed by atoms with Crippen LogP contribution in [0.1, 0.15) is 0 Å². The van der Waals surface area contributed by atoms with Crippen molar-refractivity contribution in [1.82, 2.24) is 14.3 Å². The van der Waals surface area contributed by atoms with E-state index in [-0.39, 0.29) is 11.4 Å². The van der Waals surface area contributed by atoms with Gasteiger partial charge in [-0.1, -0.05) is 30.3 Å². The Morgan fingerprint density at radius 1 is 0.944 bits per heavy atom. The van der Waals surface area contributed by atoms with Crippen LogP contribution in [0, 0.1) is 10.1 Å². The summed E-state index contributed by atoms with van der Waals surface area (Å²) < 4.78 is 7.23. The summed E-state index contributed by atoms with van der Waals surface area (Å²) in [6, 6.07) is 20.1. The summed E-state index contributed by atoms with van der Waals surface area (Å²) in [4.78, 5) is 27.3. The van der Waals surface area contributed by atoms with Crippen LogP contribution in [0.4, 0.5) is 17.1 Å². The quantitative estimate of drug-likeness (QED) is 0.241. The van der Waals surface area contributed by atoms with E-state index in [1.807, 2.05) is 36.4 Å². The number of benzene rings is 3. The van der Waals surface area contributed by atoms with Gasteiger partial charge in [0, 0.05) is 41.9 Å². The van der Waals surface area contributed by atoms with E-state index in [0.29, 0.717) is 47.3 Å². The van der Waals surface area contributed by atoms with Gasteiger partial charge in [-0.2, -0.15) is 9.78 Å². The predicted molar refractivity (Wildman–Crippen MR) is 142 cm³/mol. The van der Waals surface area contributed by atoms with Crippen LogP contribution in [0.15, 0.2) is 71.5 Å². The monoisotopic (exact) mass is 486 g/mol.